The maximum absolute atomic E-state index is 12.1. The third kappa shape index (κ3) is 3.82. The van der Waals surface area contributed by atoms with Crippen molar-refractivity contribution >= 4 is 23.5 Å². The van der Waals surface area contributed by atoms with Gasteiger partial charge < -0.3 is 14.4 Å². The molecule has 0 aliphatic rings. The van der Waals surface area contributed by atoms with Gasteiger partial charge in [-0.1, -0.05) is 6.07 Å². The molecule has 1 aromatic carbocycles. The lowest BCUT2D eigenvalue weighted by atomic mass is 9.96. The van der Waals surface area contributed by atoms with Gasteiger partial charge in [0.1, 0.15) is 5.56 Å². The smallest absolute Gasteiger partial charge is 0.324 e. The second kappa shape index (κ2) is 7.34. The van der Waals surface area contributed by atoms with Crippen molar-refractivity contribution in [3.05, 3.63) is 39.4 Å². The number of methoxy groups -OCH3 is 2. The minimum absolute atomic E-state index is 0.0690. The first-order valence-electron chi connectivity index (χ1n) is 6.40. The highest BCUT2D eigenvalue weighted by Crippen LogP contribution is 2.27. The van der Waals surface area contributed by atoms with E-state index in [9.17, 15) is 24.5 Å². The van der Waals surface area contributed by atoms with E-state index in [2.05, 4.69) is 9.47 Å². The molecule has 1 aromatic rings. The predicted molar refractivity (Wildman–Crippen MR) is 77.9 cm³/mol. The summed E-state index contributed by atoms with van der Waals surface area (Å²) in [6.07, 6.45) is 0. The number of esters is 2. The van der Waals surface area contributed by atoms with Crippen molar-refractivity contribution in [2.45, 2.75) is 5.92 Å². The molecule has 0 heterocycles. The summed E-state index contributed by atoms with van der Waals surface area (Å²) in [5.74, 6) is -3.85. The topological polar surface area (TPSA) is 116 Å². The molecule has 0 bridgehead atoms. The minimum Gasteiger partial charge on any atom is -0.468 e. The van der Waals surface area contributed by atoms with Gasteiger partial charge in [0, 0.05) is 20.2 Å². The standard InChI is InChI=1S/C14H16N2O7/c1-15(2)12(17)9-7-8(5-6-10(9)16(20)21)11(13(18)22-3)14(19)23-4/h5-7,11H,1-4H3. The van der Waals surface area contributed by atoms with Crippen molar-refractivity contribution in [2.24, 2.45) is 0 Å². The first-order chi connectivity index (χ1) is 10.7. The molecule has 0 radical (unpaired) electrons. The third-order valence-electron chi connectivity index (χ3n) is 3.06. The molecule has 1 rings (SSSR count). The number of nitro benzene ring substituents is 1. The van der Waals surface area contributed by atoms with E-state index in [1.54, 1.807) is 0 Å². The highest BCUT2D eigenvalue weighted by atomic mass is 16.6. The maximum atomic E-state index is 12.1. The molecule has 0 N–H and O–H groups in total. The fourth-order valence-corrected chi connectivity index (χ4v) is 1.91. The fourth-order valence-electron chi connectivity index (χ4n) is 1.91. The molecule has 0 spiro atoms. The normalized spacial score (nSPS) is 10.1. The summed E-state index contributed by atoms with van der Waals surface area (Å²) in [5, 5.41) is 11.1. The summed E-state index contributed by atoms with van der Waals surface area (Å²) in [5.41, 5.74) is -0.601. The Morgan fingerprint density at radius 1 is 1.13 bits per heavy atom. The van der Waals surface area contributed by atoms with Crippen LogP contribution in [-0.2, 0) is 19.1 Å². The molecule has 23 heavy (non-hydrogen) atoms. The molecule has 0 fully saturated rings. The van der Waals surface area contributed by atoms with Gasteiger partial charge in [0.2, 0.25) is 0 Å². The van der Waals surface area contributed by atoms with Gasteiger partial charge in [0.05, 0.1) is 19.1 Å². The van der Waals surface area contributed by atoms with E-state index in [0.29, 0.717) is 0 Å². The molecule has 0 unspecified atom stereocenters. The van der Waals surface area contributed by atoms with Gasteiger partial charge in [-0.25, -0.2) is 0 Å². The SMILES string of the molecule is COC(=O)C(C(=O)OC)c1ccc([N+](=O)[O-])c(C(=O)N(C)C)c1. The second-order valence-corrected chi connectivity index (χ2v) is 4.71. The lowest BCUT2D eigenvalue weighted by molar-refractivity contribution is -0.385. The number of nitrogens with zero attached hydrogens (tertiary/aromatic N) is 2. The zero-order valence-corrected chi connectivity index (χ0v) is 13.1. The Bertz CT molecular complexity index is 639. The monoisotopic (exact) mass is 324 g/mol. The number of rotatable bonds is 5. The molecular weight excluding hydrogens is 308 g/mol. The second-order valence-electron chi connectivity index (χ2n) is 4.71. The summed E-state index contributed by atoms with van der Waals surface area (Å²) in [4.78, 5) is 47.2. The van der Waals surface area contributed by atoms with Crippen LogP contribution in [0, 0.1) is 10.1 Å². The fraction of sp³-hybridized carbons (Fsp3) is 0.357. The van der Waals surface area contributed by atoms with Crippen LogP contribution in [0.1, 0.15) is 21.8 Å². The molecule has 0 atom stereocenters. The van der Waals surface area contributed by atoms with Crippen LogP contribution in [0.2, 0.25) is 0 Å². The Balaban J connectivity index is 3.51. The third-order valence-corrected chi connectivity index (χ3v) is 3.06. The van der Waals surface area contributed by atoms with E-state index in [-0.39, 0.29) is 11.1 Å². The Kier molecular flexibility index (Phi) is 5.77. The van der Waals surface area contributed by atoms with Crippen LogP contribution in [-0.4, -0.2) is 56.0 Å². The Morgan fingerprint density at radius 2 is 1.65 bits per heavy atom. The average molecular weight is 324 g/mol. The first kappa shape index (κ1) is 18.1. The summed E-state index contributed by atoms with van der Waals surface area (Å²) in [6.45, 7) is 0. The van der Waals surface area contributed by atoms with Gasteiger partial charge in [-0.05, 0) is 11.6 Å². The average Bonchev–Trinajstić information content (AvgIpc) is 2.53. The Morgan fingerprint density at radius 3 is 2.04 bits per heavy atom. The van der Waals surface area contributed by atoms with Crippen molar-refractivity contribution in [3.8, 4) is 0 Å². The zero-order chi connectivity index (χ0) is 17.7. The van der Waals surface area contributed by atoms with E-state index in [1.165, 1.54) is 20.2 Å². The maximum Gasteiger partial charge on any atom is 0.324 e. The van der Waals surface area contributed by atoms with Gasteiger partial charge in [-0.3, -0.25) is 24.5 Å². The lowest BCUT2D eigenvalue weighted by Gasteiger charge is -2.15. The van der Waals surface area contributed by atoms with E-state index < -0.39 is 34.4 Å². The van der Waals surface area contributed by atoms with Crippen molar-refractivity contribution in [1.29, 1.82) is 0 Å². The first-order valence-corrected chi connectivity index (χ1v) is 6.40. The molecule has 0 saturated carbocycles. The molecule has 0 saturated heterocycles. The summed E-state index contributed by atoms with van der Waals surface area (Å²) in [7, 11) is 5.04. The number of benzene rings is 1. The Labute approximate surface area is 131 Å². The van der Waals surface area contributed by atoms with Crippen molar-refractivity contribution in [3.63, 3.8) is 0 Å². The molecule has 9 nitrogen and oxygen atoms in total. The van der Waals surface area contributed by atoms with Crippen LogP contribution in [0.5, 0.6) is 0 Å². The van der Waals surface area contributed by atoms with E-state index in [0.717, 1.165) is 31.3 Å². The van der Waals surface area contributed by atoms with Crippen LogP contribution >= 0.6 is 0 Å². The van der Waals surface area contributed by atoms with Gasteiger partial charge >= 0.3 is 11.9 Å². The largest absolute Gasteiger partial charge is 0.468 e. The van der Waals surface area contributed by atoms with E-state index in [1.807, 2.05) is 0 Å². The molecular formula is C14H16N2O7. The number of amides is 1. The van der Waals surface area contributed by atoms with E-state index >= 15 is 0 Å². The molecule has 0 aliphatic heterocycles. The van der Waals surface area contributed by atoms with Gasteiger partial charge in [-0.2, -0.15) is 0 Å². The van der Waals surface area contributed by atoms with Crippen LogP contribution in [0.15, 0.2) is 18.2 Å². The number of hydrogen-bond donors (Lipinski definition) is 0. The van der Waals surface area contributed by atoms with Crippen molar-refractivity contribution in [1.82, 2.24) is 4.90 Å². The molecule has 0 aliphatic carbocycles. The Hall–Kier alpha value is -2.97. The number of nitro groups is 1. The summed E-state index contributed by atoms with van der Waals surface area (Å²) < 4.78 is 9.09. The molecule has 9 heteroatoms. The van der Waals surface area contributed by atoms with Gasteiger partial charge in [0.25, 0.3) is 11.6 Å². The number of ether oxygens (including phenoxy) is 2. The number of hydrogen-bond acceptors (Lipinski definition) is 7. The zero-order valence-electron chi connectivity index (χ0n) is 13.1. The number of carbonyl (C=O) groups is 3. The van der Waals surface area contributed by atoms with Crippen molar-refractivity contribution in [2.75, 3.05) is 28.3 Å². The van der Waals surface area contributed by atoms with Crippen molar-refractivity contribution < 1.29 is 28.8 Å². The highest BCUT2D eigenvalue weighted by Gasteiger charge is 2.33. The number of carbonyl (C=O) groups excluding carboxylic acids is 3. The van der Waals surface area contributed by atoms with Crippen LogP contribution in [0.25, 0.3) is 0 Å². The molecule has 1 amide bonds. The predicted octanol–water partition coefficient (Wildman–Crippen LogP) is 0.726. The summed E-state index contributed by atoms with van der Waals surface area (Å²) >= 11 is 0. The summed E-state index contributed by atoms with van der Waals surface area (Å²) in [6, 6.07) is 3.40. The van der Waals surface area contributed by atoms with Gasteiger partial charge in [0.15, 0.2) is 5.92 Å². The van der Waals surface area contributed by atoms with Crippen LogP contribution in [0.4, 0.5) is 5.69 Å². The van der Waals surface area contributed by atoms with E-state index in [4.69, 9.17) is 0 Å². The minimum atomic E-state index is -1.43. The van der Waals surface area contributed by atoms with Crippen LogP contribution in [0.3, 0.4) is 0 Å². The highest BCUT2D eigenvalue weighted by molar-refractivity contribution is 6.02. The molecule has 124 valence electrons. The van der Waals surface area contributed by atoms with Crippen LogP contribution < -0.4 is 0 Å². The molecule has 0 aromatic heterocycles. The van der Waals surface area contributed by atoms with Gasteiger partial charge in [-0.15, -0.1) is 0 Å². The quantitative estimate of drug-likeness (QED) is 0.339. The lowest BCUT2D eigenvalue weighted by Crippen LogP contribution is -2.26.